The van der Waals surface area contributed by atoms with Crippen LogP contribution in [0.4, 0.5) is 15.8 Å². The molecule has 5 nitrogen and oxygen atoms in total. The molecule has 0 aromatic heterocycles. The second-order valence-corrected chi connectivity index (χ2v) is 4.87. The third-order valence-corrected chi connectivity index (χ3v) is 3.05. The predicted molar refractivity (Wildman–Crippen MR) is 77.5 cm³/mol. The minimum atomic E-state index is -0.856. The first-order valence-corrected chi connectivity index (χ1v) is 6.34. The maximum absolute atomic E-state index is 13.6. The molecule has 8 heteroatoms. The molecule has 0 saturated carbocycles. The number of rotatable bonds is 3. The van der Waals surface area contributed by atoms with Gasteiger partial charge < -0.3 is 5.32 Å². The van der Waals surface area contributed by atoms with Crippen LogP contribution in [0, 0.1) is 15.9 Å². The number of anilines is 1. The van der Waals surface area contributed by atoms with Crippen molar-refractivity contribution < 1.29 is 14.1 Å². The van der Waals surface area contributed by atoms with Crippen LogP contribution in [0.1, 0.15) is 10.4 Å². The van der Waals surface area contributed by atoms with E-state index >= 15 is 0 Å². The van der Waals surface area contributed by atoms with Gasteiger partial charge in [-0.1, -0.05) is 23.2 Å². The Bertz CT molecular complexity index is 737. The van der Waals surface area contributed by atoms with Crippen LogP contribution in [0.3, 0.4) is 0 Å². The van der Waals surface area contributed by atoms with Crippen molar-refractivity contribution in [1.82, 2.24) is 0 Å². The Morgan fingerprint density at radius 2 is 1.76 bits per heavy atom. The molecule has 21 heavy (non-hydrogen) atoms. The molecule has 0 atom stereocenters. The number of nitro benzene ring substituents is 1. The van der Waals surface area contributed by atoms with Crippen LogP contribution in [-0.2, 0) is 0 Å². The molecule has 0 bridgehead atoms. The lowest BCUT2D eigenvalue weighted by atomic mass is 10.1. The molecule has 2 rings (SSSR count). The molecular formula is C13H7Cl2FN2O3. The molecule has 1 amide bonds. The Morgan fingerprint density at radius 1 is 1.14 bits per heavy atom. The van der Waals surface area contributed by atoms with E-state index in [-0.39, 0.29) is 21.3 Å². The summed E-state index contributed by atoms with van der Waals surface area (Å²) in [6.45, 7) is 0. The van der Waals surface area contributed by atoms with Gasteiger partial charge in [-0.25, -0.2) is 4.39 Å². The van der Waals surface area contributed by atoms with Crippen molar-refractivity contribution in [3.63, 3.8) is 0 Å². The summed E-state index contributed by atoms with van der Waals surface area (Å²) in [5.74, 6) is -1.57. The Labute approximate surface area is 128 Å². The Balaban J connectivity index is 2.39. The van der Waals surface area contributed by atoms with Gasteiger partial charge in [-0.05, 0) is 30.3 Å². The minimum Gasteiger partial charge on any atom is -0.319 e. The molecule has 0 unspecified atom stereocenters. The molecule has 2 aromatic carbocycles. The van der Waals surface area contributed by atoms with Crippen molar-refractivity contribution in [2.45, 2.75) is 0 Å². The lowest BCUT2D eigenvalue weighted by molar-refractivity contribution is -0.385. The number of hydrogen-bond acceptors (Lipinski definition) is 3. The molecule has 0 aliphatic rings. The van der Waals surface area contributed by atoms with Crippen LogP contribution in [0.25, 0.3) is 0 Å². The second kappa shape index (κ2) is 6.07. The van der Waals surface area contributed by atoms with Gasteiger partial charge in [0.2, 0.25) is 0 Å². The normalized spacial score (nSPS) is 10.2. The Kier molecular flexibility index (Phi) is 4.40. The molecule has 1 N–H and O–H groups in total. The Morgan fingerprint density at radius 3 is 2.43 bits per heavy atom. The first-order chi connectivity index (χ1) is 9.88. The van der Waals surface area contributed by atoms with Crippen molar-refractivity contribution in [1.29, 1.82) is 0 Å². The largest absolute Gasteiger partial charge is 0.319 e. The summed E-state index contributed by atoms with van der Waals surface area (Å²) in [6.07, 6.45) is 0. The van der Waals surface area contributed by atoms with Crippen molar-refractivity contribution in [2.24, 2.45) is 0 Å². The lowest BCUT2D eigenvalue weighted by Crippen LogP contribution is -2.15. The first-order valence-electron chi connectivity index (χ1n) is 5.59. The fourth-order valence-corrected chi connectivity index (χ4v) is 1.98. The highest BCUT2D eigenvalue weighted by Gasteiger charge is 2.21. The number of carbonyl (C=O) groups excluding carboxylic acids is 1. The van der Waals surface area contributed by atoms with Gasteiger partial charge in [-0.15, -0.1) is 0 Å². The van der Waals surface area contributed by atoms with Gasteiger partial charge in [-0.3, -0.25) is 14.9 Å². The molecule has 0 fully saturated rings. The zero-order valence-electron chi connectivity index (χ0n) is 10.3. The van der Waals surface area contributed by atoms with Crippen LogP contribution in [0.15, 0.2) is 36.4 Å². The van der Waals surface area contributed by atoms with E-state index in [1.54, 1.807) is 0 Å². The number of amides is 1. The van der Waals surface area contributed by atoms with E-state index in [2.05, 4.69) is 5.32 Å². The Hall–Kier alpha value is -2.18. The van der Waals surface area contributed by atoms with Gasteiger partial charge >= 0.3 is 0 Å². The highest BCUT2D eigenvalue weighted by molar-refractivity contribution is 6.31. The molecule has 108 valence electrons. The van der Waals surface area contributed by atoms with Gasteiger partial charge in [0, 0.05) is 16.1 Å². The summed E-state index contributed by atoms with van der Waals surface area (Å²) >= 11 is 11.4. The van der Waals surface area contributed by atoms with Crippen molar-refractivity contribution in [3.05, 3.63) is 67.9 Å². The van der Waals surface area contributed by atoms with E-state index in [1.807, 2.05) is 0 Å². The van der Waals surface area contributed by atoms with E-state index < -0.39 is 22.3 Å². The van der Waals surface area contributed by atoms with Crippen molar-refractivity contribution in [2.75, 3.05) is 5.32 Å². The minimum absolute atomic E-state index is 0.150. The first kappa shape index (κ1) is 15.2. The van der Waals surface area contributed by atoms with Crippen LogP contribution >= 0.6 is 23.2 Å². The maximum atomic E-state index is 13.6. The fourth-order valence-electron chi connectivity index (χ4n) is 1.63. The summed E-state index contributed by atoms with van der Waals surface area (Å²) in [6, 6.07) is 7.11. The lowest BCUT2D eigenvalue weighted by Gasteiger charge is -2.07. The van der Waals surface area contributed by atoms with Gasteiger partial charge in [0.1, 0.15) is 11.4 Å². The molecule has 0 spiro atoms. The van der Waals surface area contributed by atoms with Crippen LogP contribution < -0.4 is 5.32 Å². The summed E-state index contributed by atoms with van der Waals surface area (Å²) in [5, 5.41) is 13.5. The highest BCUT2D eigenvalue weighted by Crippen LogP contribution is 2.25. The number of nitrogens with zero attached hydrogens (tertiary/aromatic N) is 1. The van der Waals surface area contributed by atoms with E-state index in [9.17, 15) is 19.3 Å². The second-order valence-electron chi connectivity index (χ2n) is 4.00. The molecule has 2 aromatic rings. The number of carbonyl (C=O) groups is 1. The number of nitro groups is 1. The molecule has 0 aliphatic carbocycles. The molecule has 0 aliphatic heterocycles. The predicted octanol–water partition coefficient (Wildman–Crippen LogP) is 4.29. The van der Waals surface area contributed by atoms with Crippen LogP contribution in [0.5, 0.6) is 0 Å². The summed E-state index contributed by atoms with van der Waals surface area (Å²) in [5.41, 5.74) is -0.881. The van der Waals surface area contributed by atoms with Crippen LogP contribution in [-0.4, -0.2) is 10.8 Å². The van der Waals surface area contributed by atoms with Crippen LogP contribution in [0.2, 0.25) is 10.0 Å². The topological polar surface area (TPSA) is 72.2 Å². The quantitative estimate of drug-likeness (QED) is 0.674. The SMILES string of the molecule is O=C(Nc1cc(Cl)ccc1F)c1cc(Cl)ccc1[N+](=O)[O-]. The highest BCUT2D eigenvalue weighted by atomic mass is 35.5. The average molecular weight is 329 g/mol. The molecular weight excluding hydrogens is 322 g/mol. The van der Waals surface area contributed by atoms with E-state index in [0.717, 1.165) is 18.2 Å². The third-order valence-electron chi connectivity index (χ3n) is 2.58. The molecule has 0 saturated heterocycles. The number of nitrogens with one attached hydrogen (secondary N) is 1. The van der Waals surface area contributed by atoms with Gasteiger partial charge in [0.15, 0.2) is 0 Å². The van der Waals surface area contributed by atoms with Gasteiger partial charge in [0.05, 0.1) is 10.6 Å². The standard InChI is InChI=1S/C13H7Cl2FN2O3/c14-7-2-4-12(18(20)21)9(5-7)13(19)17-11-6-8(15)1-3-10(11)16/h1-6H,(H,17,19). The summed E-state index contributed by atoms with van der Waals surface area (Å²) < 4.78 is 13.6. The zero-order valence-corrected chi connectivity index (χ0v) is 11.8. The van der Waals surface area contributed by atoms with Gasteiger partial charge in [-0.2, -0.15) is 0 Å². The monoisotopic (exact) mass is 328 g/mol. The number of halogens is 3. The van der Waals surface area contributed by atoms with Gasteiger partial charge in [0.25, 0.3) is 11.6 Å². The maximum Gasteiger partial charge on any atom is 0.282 e. The third kappa shape index (κ3) is 3.48. The molecule has 0 heterocycles. The van der Waals surface area contributed by atoms with Crippen molar-refractivity contribution in [3.8, 4) is 0 Å². The smallest absolute Gasteiger partial charge is 0.282 e. The fraction of sp³-hybridized carbons (Fsp3) is 0. The summed E-state index contributed by atoms with van der Waals surface area (Å²) in [7, 11) is 0. The number of hydrogen-bond donors (Lipinski definition) is 1. The van der Waals surface area contributed by atoms with E-state index in [4.69, 9.17) is 23.2 Å². The van der Waals surface area contributed by atoms with E-state index in [1.165, 1.54) is 18.2 Å². The summed E-state index contributed by atoms with van der Waals surface area (Å²) in [4.78, 5) is 22.2. The van der Waals surface area contributed by atoms with E-state index in [0.29, 0.717) is 0 Å². The van der Waals surface area contributed by atoms with Crippen molar-refractivity contribution >= 4 is 40.5 Å². The number of benzene rings is 2. The molecule has 0 radical (unpaired) electrons. The zero-order chi connectivity index (χ0) is 15.6. The average Bonchev–Trinajstić information content (AvgIpc) is 2.42.